The van der Waals surface area contributed by atoms with Crippen LogP contribution in [0.15, 0.2) is 30.5 Å². The number of hydrogen-bond acceptors (Lipinski definition) is 4. The average molecular weight is 315 g/mol. The lowest BCUT2D eigenvalue weighted by molar-refractivity contribution is 0.00578. The highest BCUT2D eigenvalue weighted by atomic mass is 16.7. The summed E-state index contributed by atoms with van der Waals surface area (Å²) in [5, 5.41) is 0.954. The van der Waals surface area contributed by atoms with Gasteiger partial charge in [0.25, 0.3) is 5.91 Å². The molecule has 1 saturated heterocycles. The molecule has 122 valence electrons. The van der Waals surface area contributed by atoms with Crippen molar-refractivity contribution in [3.8, 4) is 0 Å². The summed E-state index contributed by atoms with van der Waals surface area (Å²) in [7, 11) is 1.07. The molecule has 2 heterocycles. The van der Waals surface area contributed by atoms with Crippen LogP contribution in [0.1, 0.15) is 32.5 Å². The monoisotopic (exact) mass is 315 g/mol. The molecule has 1 aliphatic rings. The lowest BCUT2D eigenvalue weighted by Gasteiger charge is -2.32. The molecule has 0 saturated carbocycles. The van der Waals surface area contributed by atoms with Crippen molar-refractivity contribution in [3.63, 3.8) is 0 Å². The Kier molecular flexibility index (Phi) is 3.87. The third-order valence-electron chi connectivity index (χ3n) is 4.81. The first-order valence-electron chi connectivity index (χ1n) is 7.74. The fraction of sp³-hybridized carbons (Fsp3) is 0.471. The highest BCUT2D eigenvalue weighted by molar-refractivity contribution is 6.65. The molecule has 23 heavy (non-hydrogen) atoms. The fourth-order valence-corrected chi connectivity index (χ4v) is 2.78. The van der Waals surface area contributed by atoms with Gasteiger partial charge in [0, 0.05) is 13.3 Å². The Labute approximate surface area is 136 Å². The molecular formula is C17H22BNO4. The molecule has 0 amide bonds. The van der Waals surface area contributed by atoms with E-state index in [1.807, 2.05) is 52.0 Å². The molecule has 0 radical (unpaired) electrons. The van der Waals surface area contributed by atoms with Gasteiger partial charge in [-0.15, -0.1) is 0 Å². The van der Waals surface area contributed by atoms with E-state index >= 15 is 0 Å². The largest absolute Gasteiger partial charge is 0.495 e. The minimum atomic E-state index is -0.447. The number of methoxy groups -OCH3 is 1. The smallest absolute Gasteiger partial charge is 0.399 e. The standard InChI is InChI=1S/C17H22BNO4/c1-16(2)17(3,4)23-18(22-16)13-7-6-8-14-12(13)9-10-19(14)15(20)11-21-5/h6-10H,11H2,1-5H3. The molecule has 0 atom stereocenters. The van der Waals surface area contributed by atoms with Crippen LogP contribution in [0, 0.1) is 0 Å². The second kappa shape index (κ2) is 5.48. The Morgan fingerprint density at radius 2 is 1.83 bits per heavy atom. The Hall–Kier alpha value is -1.63. The quantitative estimate of drug-likeness (QED) is 0.815. The molecule has 1 aromatic heterocycles. The molecule has 1 fully saturated rings. The van der Waals surface area contributed by atoms with Crippen molar-refractivity contribution >= 4 is 29.4 Å². The SMILES string of the molecule is COCC(=O)n1ccc2c(B3OC(C)(C)C(C)(C)O3)cccc21. The van der Waals surface area contributed by atoms with Gasteiger partial charge in [-0.2, -0.15) is 0 Å². The molecule has 6 heteroatoms. The van der Waals surface area contributed by atoms with Crippen LogP contribution < -0.4 is 5.46 Å². The molecule has 0 bridgehead atoms. The summed E-state index contributed by atoms with van der Waals surface area (Å²) in [6.07, 6.45) is 1.76. The van der Waals surface area contributed by atoms with Gasteiger partial charge in [-0.3, -0.25) is 9.36 Å². The van der Waals surface area contributed by atoms with Crippen LogP contribution in [-0.2, 0) is 14.0 Å². The van der Waals surface area contributed by atoms with Crippen LogP contribution in [-0.4, -0.2) is 42.5 Å². The first-order chi connectivity index (χ1) is 10.8. The van der Waals surface area contributed by atoms with Crippen LogP contribution >= 0.6 is 0 Å². The zero-order chi connectivity index (χ0) is 16.8. The van der Waals surface area contributed by atoms with E-state index in [9.17, 15) is 4.79 Å². The molecular weight excluding hydrogens is 293 g/mol. The normalized spacial score (nSPS) is 19.4. The number of aromatic nitrogens is 1. The Balaban J connectivity index is 2.02. The third-order valence-corrected chi connectivity index (χ3v) is 4.81. The van der Waals surface area contributed by atoms with Crippen molar-refractivity contribution in [1.82, 2.24) is 4.57 Å². The Bertz CT molecular complexity index is 734. The maximum Gasteiger partial charge on any atom is 0.495 e. The van der Waals surface area contributed by atoms with Gasteiger partial charge in [0.05, 0.1) is 16.7 Å². The van der Waals surface area contributed by atoms with E-state index in [-0.39, 0.29) is 12.5 Å². The van der Waals surface area contributed by atoms with E-state index in [4.69, 9.17) is 14.0 Å². The third kappa shape index (κ3) is 2.61. The van der Waals surface area contributed by atoms with E-state index in [2.05, 4.69) is 0 Å². The molecule has 0 N–H and O–H groups in total. The Morgan fingerprint density at radius 3 is 2.43 bits per heavy atom. The minimum absolute atomic E-state index is 0.0461. The summed E-state index contributed by atoms with van der Waals surface area (Å²) in [4.78, 5) is 12.1. The van der Waals surface area contributed by atoms with Crippen molar-refractivity contribution < 1.29 is 18.8 Å². The predicted octanol–water partition coefficient (Wildman–Crippen LogP) is 2.23. The van der Waals surface area contributed by atoms with Crippen molar-refractivity contribution in [2.75, 3.05) is 13.7 Å². The molecule has 0 aliphatic carbocycles. The van der Waals surface area contributed by atoms with E-state index in [0.717, 1.165) is 16.4 Å². The van der Waals surface area contributed by atoms with E-state index in [1.54, 1.807) is 10.8 Å². The second-order valence-electron chi connectivity index (χ2n) is 6.88. The number of carbonyl (C=O) groups is 1. The van der Waals surface area contributed by atoms with Crippen molar-refractivity contribution in [2.24, 2.45) is 0 Å². The Morgan fingerprint density at radius 1 is 1.17 bits per heavy atom. The fourth-order valence-electron chi connectivity index (χ4n) is 2.78. The van der Waals surface area contributed by atoms with Gasteiger partial charge in [0.15, 0.2) is 0 Å². The first-order valence-corrected chi connectivity index (χ1v) is 7.74. The average Bonchev–Trinajstić information content (AvgIpc) is 2.98. The number of fused-ring (bicyclic) bond motifs is 1. The highest BCUT2D eigenvalue weighted by Gasteiger charge is 2.52. The zero-order valence-electron chi connectivity index (χ0n) is 14.3. The van der Waals surface area contributed by atoms with Gasteiger partial charge < -0.3 is 14.0 Å². The summed E-state index contributed by atoms with van der Waals surface area (Å²) in [5.41, 5.74) is 0.979. The minimum Gasteiger partial charge on any atom is -0.399 e. The first kappa shape index (κ1) is 16.2. The van der Waals surface area contributed by atoms with E-state index in [0.29, 0.717) is 0 Å². The number of ether oxygens (including phenoxy) is 1. The molecule has 0 spiro atoms. The van der Waals surface area contributed by atoms with E-state index in [1.165, 1.54) is 7.11 Å². The predicted molar refractivity (Wildman–Crippen MR) is 90.2 cm³/mol. The van der Waals surface area contributed by atoms with Gasteiger partial charge in [-0.05, 0) is 50.7 Å². The summed E-state index contributed by atoms with van der Waals surface area (Å²) < 4.78 is 18.8. The number of hydrogen-bond donors (Lipinski definition) is 0. The summed E-state index contributed by atoms with van der Waals surface area (Å²) in [6, 6.07) is 7.73. The topological polar surface area (TPSA) is 49.7 Å². The molecule has 1 aromatic carbocycles. The van der Waals surface area contributed by atoms with Crippen molar-refractivity contribution in [3.05, 3.63) is 30.5 Å². The van der Waals surface area contributed by atoms with Gasteiger partial charge >= 0.3 is 7.12 Å². The number of carbonyl (C=O) groups excluding carboxylic acids is 1. The van der Waals surface area contributed by atoms with Crippen LogP contribution in [0.2, 0.25) is 0 Å². The van der Waals surface area contributed by atoms with Gasteiger partial charge in [0.2, 0.25) is 0 Å². The summed E-state index contributed by atoms with van der Waals surface area (Å²) >= 11 is 0. The summed E-state index contributed by atoms with van der Waals surface area (Å²) in [6.45, 7) is 8.16. The van der Waals surface area contributed by atoms with Crippen molar-refractivity contribution in [2.45, 2.75) is 38.9 Å². The summed E-state index contributed by atoms with van der Waals surface area (Å²) in [5.74, 6) is -0.103. The molecule has 2 aromatic rings. The molecule has 5 nitrogen and oxygen atoms in total. The number of rotatable bonds is 3. The van der Waals surface area contributed by atoms with E-state index < -0.39 is 18.3 Å². The lowest BCUT2D eigenvalue weighted by atomic mass is 9.77. The maximum atomic E-state index is 12.1. The highest BCUT2D eigenvalue weighted by Crippen LogP contribution is 2.37. The molecule has 1 aliphatic heterocycles. The molecule has 3 rings (SSSR count). The van der Waals surface area contributed by atoms with Crippen molar-refractivity contribution in [1.29, 1.82) is 0 Å². The lowest BCUT2D eigenvalue weighted by Crippen LogP contribution is -2.41. The van der Waals surface area contributed by atoms with Crippen LogP contribution in [0.4, 0.5) is 0 Å². The van der Waals surface area contributed by atoms with Gasteiger partial charge in [-0.25, -0.2) is 0 Å². The van der Waals surface area contributed by atoms with Crippen LogP contribution in [0.25, 0.3) is 10.9 Å². The number of benzene rings is 1. The zero-order valence-corrected chi connectivity index (χ0v) is 14.3. The van der Waals surface area contributed by atoms with Crippen LogP contribution in [0.3, 0.4) is 0 Å². The van der Waals surface area contributed by atoms with Gasteiger partial charge in [0.1, 0.15) is 6.61 Å². The molecule has 0 unspecified atom stereocenters. The number of nitrogens with zero attached hydrogens (tertiary/aromatic N) is 1. The van der Waals surface area contributed by atoms with Crippen LogP contribution in [0.5, 0.6) is 0 Å². The second-order valence-corrected chi connectivity index (χ2v) is 6.88. The van der Waals surface area contributed by atoms with Gasteiger partial charge in [-0.1, -0.05) is 12.1 Å². The maximum absolute atomic E-state index is 12.1.